The molecule has 1 aromatic heterocycles. The molecule has 1 aromatic carbocycles. The molecule has 3 heterocycles. The van der Waals surface area contributed by atoms with Crippen molar-refractivity contribution in [2.24, 2.45) is 4.99 Å². The molecule has 8 nitrogen and oxygen atoms in total. The van der Waals surface area contributed by atoms with E-state index in [0.717, 1.165) is 66.7 Å². The number of esters is 1. The first-order chi connectivity index (χ1) is 23.9. The zero-order valence-electron chi connectivity index (χ0n) is 30.9. The highest BCUT2D eigenvalue weighted by atomic mass is 32.1. The van der Waals surface area contributed by atoms with Gasteiger partial charge in [-0.2, -0.15) is 0 Å². The summed E-state index contributed by atoms with van der Waals surface area (Å²) >= 11 is 1.54. The molecule has 9 heteroatoms. The summed E-state index contributed by atoms with van der Waals surface area (Å²) < 4.78 is 11.3. The number of amidine groups is 1. The van der Waals surface area contributed by atoms with Gasteiger partial charge in [0.2, 0.25) is 6.29 Å². The Balaban J connectivity index is 1.14. The van der Waals surface area contributed by atoms with Crippen LogP contribution in [0.25, 0.3) is 0 Å². The van der Waals surface area contributed by atoms with Crippen LogP contribution in [0.3, 0.4) is 0 Å². The van der Waals surface area contributed by atoms with Gasteiger partial charge in [-0.1, -0.05) is 122 Å². The Morgan fingerprint density at radius 3 is 1.94 bits per heavy atom. The number of rotatable bonds is 20. The average Bonchev–Trinajstić information content (AvgIpc) is 3.40. The number of ether oxygens (including phenoxy) is 2. The van der Waals surface area contributed by atoms with E-state index in [-0.39, 0.29) is 5.97 Å². The smallest absolute Gasteiger partial charge is 0.422 e. The Hall–Kier alpha value is -2.91. The third kappa shape index (κ3) is 12.7. The number of likely N-dealkylation sites (N-methyl/N-ethyl adjacent to an activating group) is 1. The molecule has 1 unspecified atom stereocenters. The lowest BCUT2D eigenvalue weighted by atomic mass is 10.0. The van der Waals surface area contributed by atoms with E-state index >= 15 is 0 Å². The second-order valence-corrected chi connectivity index (χ2v) is 15.2. The van der Waals surface area contributed by atoms with Crippen LogP contribution in [0.4, 0.5) is 21.2 Å². The minimum absolute atomic E-state index is 0.328. The summed E-state index contributed by atoms with van der Waals surface area (Å²) in [5.74, 6) is 0.551. The normalized spacial score (nSPS) is 15.3. The van der Waals surface area contributed by atoms with Gasteiger partial charge in [0.05, 0.1) is 16.9 Å². The number of aryl methyl sites for hydroxylation is 1. The van der Waals surface area contributed by atoms with E-state index < -0.39 is 12.4 Å². The number of aliphatic imine (C=N–C) groups is 1. The zero-order valence-corrected chi connectivity index (χ0v) is 31.7. The number of carbonyl (C=O) groups excluding carboxylic acids is 2. The Morgan fingerprint density at radius 1 is 0.796 bits per heavy atom. The van der Waals surface area contributed by atoms with E-state index in [1.807, 2.05) is 31.2 Å². The van der Waals surface area contributed by atoms with Crippen LogP contribution in [-0.2, 0) is 14.3 Å². The van der Waals surface area contributed by atoms with Gasteiger partial charge in [-0.3, -0.25) is 4.79 Å². The van der Waals surface area contributed by atoms with E-state index in [4.69, 9.17) is 14.5 Å². The summed E-state index contributed by atoms with van der Waals surface area (Å²) in [6, 6.07) is 9.75. The van der Waals surface area contributed by atoms with Crippen LogP contribution in [-0.4, -0.2) is 67.2 Å². The Labute approximate surface area is 300 Å². The lowest BCUT2D eigenvalue weighted by Gasteiger charge is -2.34. The molecule has 0 spiro atoms. The van der Waals surface area contributed by atoms with Crippen LogP contribution >= 0.6 is 11.3 Å². The molecule has 1 amide bonds. The van der Waals surface area contributed by atoms with Gasteiger partial charge in [0, 0.05) is 44.4 Å². The van der Waals surface area contributed by atoms with Gasteiger partial charge in [-0.15, -0.1) is 11.3 Å². The van der Waals surface area contributed by atoms with Gasteiger partial charge in [-0.25, -0.2) is 14.7 Å². The molecule has 0 bridgehead atoms. The lowest BCUT2D eigenvalue weighted by molar-refractivity contribution is -0.164. The van der Waals surface area contributed by atoms with E-state index in [1.165, 1.54) is 89.9 Å². The monoisotopic (exact) mass is 694 g/mol. The number of anilines is 2. The lowest BCUT2D eigenvalue weighted by Crippen LogP contribution is -2.47. The molecule has 0 radical (unpaired) electrons. The second kappa shape index (κ2) is 21.3. The molecule has 4 rings (SSSR count). The fourth-order valence-corrected chi connectivity index (χ4v) is 7.76. The number of hydrogen-bond donors (Lipinski definition) is 0. The minimum Gasteiger partial charge on any atom is -0.425 e. The van der Waals surface area contributed by atoms with Crippen molar-refractivity contribution in [2.45, 2.75) is 143 Å². The fourth-order valence-electron chi connectivity index (χ4n) is 6.76. The van der Waals surface area contributed by atoms with Crippen molar-refractivity contribution in [2.75, 3.05) is 38.1 Å². The molecular formula is C40H62N4O4S. The Morgan fingerprint density at radius 2 is 1.35 bits per heavy atom. The Kier molecular flexibility index (Phi) is 16.9. The van der Waals surface area contributed by atoms with E-state index in [2.05, 4.69) is 29.8 Å². The molecule has 1 fully saturated rings. The third-order valence-corrected chi connectivity index (χ3v) is 10.7. The highest BCUT2D eigenvalue weighted by Crippen LogP contribution is 2.44. The highest BCUT2D eigenvalue weighted by molar-refractivity contribution is 7.16. The molecule has 0 N–H and O–H groups in total. The number of nitrogens with zero attached hydrogens (tertiary/aromatic N) is 4. The van der Waals surface area contributed by atoms with E-state index in [1.54, 1.807) is 23.2 Å². The molecule has 49 heavy (non-hydrogen) atoms. The van der Waals surface area contributed by atoms with Gasteiger partial charge in [0.1, 0.15) is 10.8 Å². The summed E-state index contributed by atoms with van der Waals surface area (Å²) in [4.78, 5) is 38.8. The summed E-state index contributed by atoms with van der Waals surface area (Å²) in [5.41, 5.74) is 2.28. The molecule has 1 saturated heterocycles. The van der Waals surface area contributed by atoms with Gasteiger partial charge in [0.25, 0.3) is 0 Å². The second-order valence-electron chi connectivity index (χ2n) is 14.0. The summed E-state index contributed by atoms with van der Waals surface area (Å²) in [6.07, 6.45) is 20.8. The number of para-hydroxylation sites is 2. The van der Waals surface area contributed by atoms with Crippen LogP contribution in [0.1, 0.15) is 140 Å². The van der Waals surface area contributed by atoms with Crippen molar-refractivity contribution >= 4 is 45.6 Å². The molecule has 2 aliphatic heterocycles. The zero-order chi connectivity index (χ0) is 34.8. The number of piperazine rings is 1. The maximum atomic E-state index is 13.8. The number of benzene rings is 1. The van der Waals surface area contributed by atoms with E-state index in [9.17, 15) is 9.59 Å². The van der Waals surface area contributed by atoms with Crippen LogP contribution in [0, 0.1) is 6.92 Å². The van der Waals surface area contributed by atoms with E-state index in [0.29, 0.717) is 17.8 Å². The topological polar surface area (TPSA) is 74.7 Å². The number of thiophene rings is 1. The predicted octanol–water partition coefficient (Wildman–Crippen LogP) is 10.9. The molecule has 0 saturated carbocycles. The van der Waals surface area contributed by atoms with Crippen LogP contribution in [0.5, 0.6) is 0 Å². The average molecular weight is 695 g/mol. The first-order valence-electron chi connectivity index (χ1n) is 19.3. The molecule has 1 atom stereocenters. The minimum atomic E-state index is -0.997. The van der Waals surface area contributed by atoms with Crippen LogP contribution in [0.15, 0.2) is 35.3 Å². The van der Waals surface area contributed by atoms with Crippen LogP contribution in [0.2, 0.25) is 0 Å². The van der Waals surface area contributed by atoms with Gasteiger partial charge in [0.15, 0.2) is 0 Å². The third-order valence-electron chi connectivity index (χ3n) is 9.66. The Bertz CT molecular complexity index is 1320. The maximum Gasteiger partial charge on any atom is 0.422 e. The number of amides is 1. The quantitative estimate of drug-likeness (QED) is 0.0780. The number of unbranched alkanes of at least 4 members (excludes halogenated alkanes) is 16. The van der Waals surface area contributed by atoms with Crippen molar-refractivity contribution in [1.82, 2.24) is 9.80 Å². The fraction of sp³-hybridized carbons (Fsp3) is 0.675. The molecule has 272 valence electrons. The van der Waals surface area contributed by atoms with Crippen molar-refractivity contribution in [3.8, 4) is 0 Å². The first kappa shape index (κ1) is 38.9. The molecule has 0 aliphatic carbocycles. The highest BCUT2D eigenvalue weighted by Gasteiger charge is 2.34. The van der Waals surface area contributed by atoms with Gasteiger partial charge < -0.3 is 19.3 Å². The largest absolute Gasteiger partial charge is 0.425 e. The van der Waals surface area contributed by atoms with Crippen LogP contribution < -0.4 is 4.90 Å². The van der Waals surface area contributed by atoms with Crippen molar-refractivity contribution < 1.29 is 19.1 Å². The van der Waals surface area contributed by atoms with Crippen molar-refractivity contribution in [1.29, 1.82) is 0 Å². The predicted molar refractivity (Wildman–Crippen MR) is 204 cm³/mol. The summed E-state index contributed by atoms with van der Waals surface area (Å²) in [6.45, 7) is 9.56. The summed E-state index contributed by atoms with van der Waals surface area (Å²) in [7, 11) is 2.13. The molecule has 2 aliphatic rings. The number of hydrogen-bond acceptors (Lipinski definition) is 8. The number of fused-ring (bicyclic) bond motifs is 2. The van der Waals surface area contributed by atoms with Gasteiger partial charge in [-0.05, 0) is 38.6 Å². The molecule has 2 aromatic rings. The summed E-state index contributed by atoms with van der Waals surface area (Å²) in [5, 5.41) is 0.771. The standard InChI is InChI=1S/C40H62N4O4S/c1-5-6-7-8-9-10-11-12-13-14-15-16-17-18-19-20-21-26-37(45)47-33(3)48-40(46)44-36-25-23-22-24-35(36)41-38(34-31-32(2)49-39(34)44)43-29-27-42(4)28-30-43/h22-25,31,33H,5-21,26-30H2,1-4H3. The SMILES string of the molecule is CCCCCCCCCCCCCCCCCCCC(=O)OC(C)OC(=O)N1c2ccccc2N=C(N2CCN(C)CC2)c2cc(C)sc21. The van der Waals surface area contributed by atoms with Crippen molar-refractivity contribution in [3.05, 3.63) is 40.8 Å². The molecular weight excluding hydrogens is 633 g/mol. The maximum absolute atomic E-state index is 13.8. The van der Waals surface area contributed by atoms with Crippen molar-refractivity contribution in [3.63, 3.8) is 0 Å². The van der Waals surface area contributed by atoms with Gasteiger partial charge >= 0.3 is 12.1 Å². The number of carbonyl (C=O) groups is 2. The first-order valence-corrected chi connectivity index (χ1v) is 20.1.